The fraction of sp³-hybridized carbons (Fsp3) is 0.456. The highest BCUT2D eigenvalue weighted by molar-refractivity contribution is 5.94. The van der Waals surface area contributed by atoms with Crippen LogP contribution in [0, 0.1) is 0 Å². The van der Waals surface area contributed by atoms with Gasteiger partial charge in [-0.3, -0.25) is 57.9 Å². The molecule has 1 heterocycles. The van der Waals surface area contributed by atoms with Gasteiger partial charge in [-0.25, -0.2) is 19.2 Å². The van der Waals surface area contributed by atoms with E-state index in [1.54, 1.807) is 101 Å². The van der Waals surface area contributed by atoms with Crippen molar-refractivity contribution in [2.24, 2.45) is 0 Å². The van der Waals surface area contributed by atoms with Crippen LogP contribution in [-0.2, 0) is 72.0 Å². The van der Waals surface area contributed by atoms with Crippen molar-refractivity contribution in [3.8, 4) is 0 Å². The molecule has 3 aromatic carbocycles. The molecule has 31 heteroatoms. The normalized spacial score (nSPS) is 15.1. The van der Waals surface area contributed by atoms with Crippen LogP contribution in [0.25, 0.3) is 0 Å². The number of carboxylic acids is 5. The number of carbonyl (C=O) groups is 13. The molecular weight excluding hydrogens is 1160 g/mol. The number of hydrogen-bond donors (Lipinski definition) is 14. The number of hydrogen-bond acceptors (Lipinski definition) is 16. The molecule has 0 radical (unpaired) electrons. The van der Waals surface area contributed by atoms with Crippen LogP contribution in [0.5, 0.6) is 0 Å². The highest BCUT2D eigenvalue weighted by Gasteiger charge is 2.31. The van der Waals surface area contributed by atoms with Gasteiger partial charge in [0.1, 0.15) is 30.2 Å². The number of nitrogens with one attached hydrogen (secondary N) is 8. The average Bonchev–Trinajstić information content (AvgIpc) is 3.57. The van der Waals surface area contributed by atoms with Crippen molar-refractivity contribution < 1.29 is 93.0 Å². The Bertz CT molecular complexity index is 2860. The van der Waals surface area contributed by atoms with Gasteiger partial charge in [0.15, 0.2) is 0 Å². The Kier molecular flexibility index (Phi) is 30.2. The minimum atomic E-state index is -1.70. The molecular formula is C57H76N12O19. The van der Waals surface area contributed by atoms with Gasteiger partial charge in [-0.05, 0) is 29.5 Å². The summed E-state index contributed by atoms with van der Waals surface area (Å²) >= 11 is 0. The second kappa shape index (κ2) is 37.6. The second-order valence-electron chi connectivity index (χ2n) is 20.5. The number of urea groups is 1. The maximum Gasteiger partial charge on any atom is 0.407 e. The van der Waals surface area contributed by atoms with Crippen LogP contribution in [0.1, 0.15) is 42.4 Å². The Hall–Kier alpha value is -9.75. The van der Waals surface area contributed by atoms with Gasteiger partial charge in [0.05, 0.1) is 26.2 Å². The molecule has 14 N–H and O–H groups in total. The van der Waals surface area contributed by atoms with Gasteiger partial charge in [-0.15, -0.1) is 0 Å². The van der Waals surface area contributed by atoms with Gasteiger partial charge in [-0.2, -0.15) is 0 Å². The number of amides is 9. The lowest BCUT2D eigenvalue weighted by molar-refractivity contribution is -0.141. The van der Waals surface area contributed by atoms with Gasteiger partial charge < -0.3 is 78.1 Å². The number of aliphatic carboxylic acids is 5. The first-order chi connectivity index (χ1) is 41.9. The lowest BCUT2D eigenvalue weighted by Crippen LogP contribution is -2.57. The minimum absolute atomic E-state index is 0.000565. The van der Waals surface area contributed by atoms with E-state index >= 15 is 0 Å². The van der Waals surface area contributed by atoms with Crippen LogP contribution < -0.4 is 42.5 Å². The molecule has 3 aromatic rings. The topological polar surface area (TPSA) is 452 Å². The molecule has 0 saturated carbocycles. The summed E-state index contributed by atoms with van der Waals surface area (Å²) in [4.78, 5) is 170. The lowest BCUT2D eigenvalue weighted by atomic mass is 10.0. The third-order valence-electron chi connectivity index (χ3n) is 13.7. The molecule has 4 rings (SSSR count). The summed E-state index contributed by atoms with van der Waals surface area (Å²) in [7, 11) is 0. The van der Waals surface area contributed by atoms with Crippen LogP contribution in [0.2, 0.25) is 0 Å². The fourth-order valence-corrected chi connectivity index (χ4v) is 9.02. The molecule has 1 aliphatic heterocycles. The van der Waals surface area contributed by atoms with E-state index in [1.165, 1.54) is 4.90 Å². The molecule has 31 nitrogen and oxygen atoms in total. The van der Waals surface area contributed by atoms with E-state index in [9.17, 15) is 87.9 Å². The third-order valence-corrected chi connectivity index (χ3v) is 13.7. The molecule has 478 valence electrons. The third kappa shape index (κ3) is 28.0. The molecule has 88 heavy (non-hydrogen) atoms. The first-order valence-electron chi connectivity index (χ1n) is 28.1. The van der Waals surface area contributed by atoms with E-state index in [0.717, 1.165) is 4.90 Å². The average molecular weight is 1230 g/mol. The largest absolute Gasteiger partial charge is 0.481 e. The SMILES string of the molecule is O=C(O)CC[C@H](NC(=O)N[C@@H](CCC(=O)N[C@@H](Cc1ccccc1)C(=O)NCCNC(=O)CNC(=O)C(Cc1ccccc1)NC(=O)[C@H](Cc1ccccc1)NC(=O)CN1CCN(CC(=O)O)CCN(CC(=O)O)CCN(C(=O)O)CC1)C(=O)O)C(=O)O. The van der Waals surface area contributed by atoms with Crippen molar-refractivity contribution in [2.75, 3.05) is 91.6 Å². The molecule has 1 unspecified atom stereocenters. The molecule has 0 spiro atoms. The standard InChI is InChI=1S/C57H76N12O19/c70-45(18-16-40(54(82)83)64-56(86)65-41(55(84)85)17-19-48(73)74)61-42(30-37-10-4-1-5-11-37)51(79)59-21-20-58-46(71)33-60-52(80)43(31-38-12-6-2-7-13-38)63-53(81)44(32-39-14-8-3-9-15-39)62-47(72)34-66-22-23-67(35-49(75)76)24-25-68(36-50(77)78)27-29-69(28-26-66)57(87)88/h1-15,40-44H,16-36H2,(H,58,71)(H,59,79)(H,60,80)(H,61,70)(H,62,72)(H,63,81)(H,73,74)(H,75,76)(H,77,78)(H,82,83)(H,84,85)(H,87,88)(H2,64,65,86)/t40-,41-,42-,43?,44-/m0/s1. The number of rotatable bonds is 33. The van der Waals surface area contributed by atoms with E-state index in [4.69, 9.17) is 5.11 Å². The molecule has 9 amide bonds. The smallest absolute Gasteiger partial charge is 0.407 e. The number of carbonyl (C=O) groups excluding carboxylic acids is 7. The van der Waals surface area contributed by atoms with Gasteiger partial charge in [0, 0.05) is 97.6 Å². The van der Waals surface area contributed by atoms with Gasteiger partial charge >= 0.3 is 42.0 Å². The Morgan fingerprint density at radius 1 is 0.375 bits per heavy atom. The second-order valence-corrected chi connectivity index (χ2v) is 20.5. The Morgan fingerprint density at radius 3 is 1.19 bits per heavy atom. The number of carboxylic acid groups (broad SMARTS) is 6. The quantitative estimate of drug-likeness (QED) is 0.0279. The first-order valence-corrected chi connectivity index (χ1v) is 28.1. The Labute approximate surface area is 505 Å². The van der Waals surface area contributed by atoms with E-state index in [2.05, 4.69) is 31.9 Å². The van der Waals surface area contributed by atoms with Crippen LogP contribution in [-0.4, -0.2) is 249 Å². The first kappa shape index (κ1) is 70.7. The zero-order valence-electron chi connectivity index (χ0n) is 48.2. The Balaban J connectivity index is 1.39. The summed E-state index contributed by atoms with van der Waals surface area (Å²) in [6, 6.07) is 17.3. The summed E-state index contributed by atoms with van der Waals surface area (Å²) in [6.45, 7) is -1.82. The molecule has 1 saturated heterocycles. The van der Waals surface area contributed by atoms with Crippen LogP contribution in [0.4, 0.5) is 9.59 Å². The zero-order valence-corrected chi connectivity index (χ0v) is 48.2. The monoisotopic (exact) mass is 1230 g/mol. The maximum atomic E-state index is 14.4. The van der Waals surface area contributed by atoms with E-state index in [-0.39, 0.29) is 91.3 Å². The molecule has 0 aromatic heterocycles. The summed E-state index contributed by atoms with van der Waals surface area (Å²) in [5.41, 5.74) is 1.88. The van der Waals surface area contributed by atoms with Crippen molar-refractivity contribution in [3.05, 3.63) is 108 Å². The van der Waals surface area contributed by atoms with E-state index < -0.39 is 153 Å². The molecule has 1 aliphatic rings. The van der Waals surface area contributed by atoms with Gasteiger partial charge in [-0.1, -0.05) is 91.0 Å². The van der Waals surface area contributed by atoms with E-state index in [1.807, 2.05) is 10.6 Å². The zero-order chi connectivity index (χ0) is 64.5. The maximum absolute atomic E-state index is 14.4. The predicted octanol–water partition coefficient (Wildman–Crippen LogP) is -2.56. The van der Waals surface area contributed by atoms with Crippen LogP contribution in [0.15, 0.2) is 91.0 Å². The molecule has 1 fully saturated rings. The van der Waals surface area contributed by atoms with Crippen molar-refractivity contribution in [2.45, 2.75) is 75.2 Å². The summed E-state index contributed by atoms with van der Waals surface area (Å²) in [6.07, 6.45) is -3.54. The molecule has 0 bridgehead atoms. The fourth-order valence-electron chi connectivity index (χ4n) is 9.02. The van der Waals surface area contributed by atoms with Crippen LogP contribution in [0.3, 0.4) is 0 Å². The Morgan fingerprint density at radius 2 is 0.761 bits per heavy atom. The lowest BCUT2D eigenvalue weighted by Gasteiger charge is -2.32. The van der Waals surface area contributed by atoms with E-state index in [0.29, 0.717) is 16.7 Å². The summed E-state index contributed by atoms with van der Waals surface area (Å²) in [5, 5.41) is 76.7. The number of benzene rings is 3. The molecule has 0 aliphatic carbocycles. The van der Waals surface area contributed by atoms with Gasteiger partial charge in [0.25, 0.3) is 0 Å². The predicted molar refractivity (Wildman–Crippen MR) is 310 cm³/mol. The molecule has 5 atom stereocenters. The minimum Gasteiger partial charge on any atom is -0.481 e. The summed E-state index contributed by atoms with van der Waals surface area (Å²) < 4.78 is 0. The van der Waals surface area contributed by atoms with Crippen molar-refractivity contribution in [3.63, 3.8) is 0 Å². The number of nitrogens with zero attached hydrogens (tertiary/aromatic N) is 4. The van der Waals surface area contributed by atoms with Crippen molar-refractivity contribution >= 4 is 77.4 Å². The highest BCUT2D eigenvalue weighted by atomic mass is 16.4. The summed E-state index contributed by atoms with van der Waals surface area (Å²) in [5.74, 6) is -11.2. The highest BCUT2D eigenvalue weighted by Crippen LogP contribution is 2.10. The van der Waals surface area contributed by atoms with Crippen molar-refractivity contribution in [1.29, 1.82) is 0 Å². The van der Waals surface area contributed by atoms with Crippen LogP contribution >= 0.6 is 0 Å². The van der Waals surface area contributed by atoms with Crippen molar-refractivity contribution in [1.82, 2.24) is 62.1 Å². The van der Waals surface area contributed by atoms with Gasteiger partial charge in [0.2, 0.25) is 35.4 Å².